The molecule has 0 heterocycles. The summed E-state index contributed by atoms with van der Waals surface area (Å²) in [4.78, 5) is 24.8. The van der Waals surface area contributed by atoms with Gasteiger partial charge in [-0.2, -0.15) is 0 Å². The number of carboxylic acid groups (broad SMARTS) is 1. The summed E-state index contributed by atoms with van der Waals surface area (Å²) < 4.78 is 0. The first kappa shape index (κ1) is 15.5. The molecule has 2 N–H and O–H groups in total. The standard InChI is InChI=1S/C14H24N2O3/c1-5-8-16(14(2,3)4)13(19)15-11(9-12(17)18)10-6-7-10/h5,10-11H,1,6-9H2,2-4H3,(H,15,19)(H,17,18). The number of carbonyl (C=O) groups excluding carboxylic acids is 1. The largest absolute Gasteiger partial charge is 0.481 e. The van der Waals surface area contributed by atoms with Gasteiger partial charge in [-0.1, -0.05) is 6.08 Å². The first-order valence-corrected chi connectivity index (χ1v) is 6.66. The molecule has 1 atom stereocenters. The van der Waals surface area contributed by atoms with Gasteiger partial charge < -0.3 is 15.3 Å². The SMILES string of the molecule is C=CCN(C(=O)NC(CC(=O)O)C1CC1)C(C)(C)C. The van der Waals surface area contributed by atoms with Crippen molar-refractivity contribution in [3.8, 4) is 0 Å². The van der Waals surface area contributed by atoms with Gasteiger partial charge in [-0.3, -0.25) is 4.79 Å². The number of carboxylic acids is 1. The van der Waals surface area contributed by atoms with Crippen LogP contribution in [0.5, 0.6) is 0 Å². The Morgan fingerprint density at radius 2 is 2.05 bits per heavy atom. The first-order valence-electron chi connectivity index (χ1n) is 6.66. The third kappa shape index (κ3) is 4.93. The van der Waals surface area contributed by atoms with E-state index in [1.807, 2.05) is 20.8 Å². The fraction of sp³-hybridized carbons (Fsp3) is 0.714. The minimum Gasteiger partial charge on any atom is -0.481 e. The fourth-order valence-electron chi connectivity index (χ4n) is 2.05. The second-order valence-electron chi connectivity index (χ2n) is 6.06. The van der Waals surface area contributed by atoms with E-state index in [0.717, 1.165) is 12.8 Å². The summed E-state index contributed by atoms with van der Waals surface area (Å²) in [5.41, 5.74) is -0.324. The Balaban J connectivity index is 2.67. The van der Waals surface area contributed by atoms with Crippen molar-refractivity contribution in [2.75, 3.05) is 6.54 Å². The Morgan fingerprint density at radius 3 is 2.42 bits per heavy atom. The van der Waals surface area contributed by atoms with Crippen LogP contribution in [0.3, 0.4) is 0 Å². The van der Waals surface area contributed by atoms with Crippen LogP contribution in [0.15, 0.2) is 12.7 Å². The average Bonchev–Trinajstić information content (AvgIpc) is 3.05. The molecule has 5 heteroatoms. The van der Waals surface area contributed by atoms with Crippen molar-refractivity contribution < 1.29 is 14.7 Å². The zero-order valence-electron chi connectivity index (χ0n) is 12.0. The van der Waals surface area contributed by atoms with Crippen molar-refractivity contribution in [1.29, 1.82) is 0 Å². The van der Waals surface area contributed by atoms with Crippen LogP contribution in [0.25, 0.3) is 0 Å². The van der Waals surface area contributed by atoms with Gasteiger partial charge in [0, 0.05) is 18.1 Å². The van der Waals surface area contributed by atoms with Gasteiger partial charge in [0.15, 0.2) is 0 Å². The number of nitrogens with zero attached hydrogens (tertiary/aromatic N) is 1. The highest BCUT2D eigenvalue weighted by Gasteiger charge is 2.35. The molecule has 0 aromatic rings. The third-order valence-corrected chi connectivity index (χ3v) is 3.26. The molecule has 1 saturated carbocycles. The zero-order chi connectivity index (χ0) is 14.6. The minimum absolute atomic E-state index is 0.0114. The van der Waals surface area contributed by atoms with Gasteiger partial charge in [0.1, 0.15) is 0 Å². The van der Waals surface area contributed by atoms with E-state index < -0.39 is 5.97 Å². The van der Waals surface area contributed by atoms with Crippen LogP contribution in [0.4, 0.5) is 4.79 Å². The van der Waals surface area contributed by atoms with Crippen LogP contribution in [-0.4, -0.2) is 40.1 Å². The molecule has 108 valence electrons. The summed E-state index contributed by atoms with van der Waals surface area (Å²) in [6, 6.07) is -0.481. The van der Waals surface area contributed by atoms with Crippen molar-refractivity contribution in [1.82, 2.24) is 10.2 Å². The molecule has 0 aliphatic heterocycles. The lowest BCUT2D eigenvalue weighted by atomic mass is 10.1. The second-order valence-corrected chi connectivity index (χ2v) is 6.06. The van der Waals surface area contributed by atoms with E-state index >= 15 is 0 Å². The summed E-state index contributed by atoms with van der Waals surface area (Å²) in [5.74, 6) is -0.561. The molecule has 19 heavy (non-hydrogen) atoms. The molecular weight excluding hydrogens is 244 g/mol. The Labute approximate surface area is 114 Å². The van der Waals surface area contributed by atoms with Crippen LogP contribution >= 0.6 is 0 Å². The number of nitrogens with one attached hydrogen (secondary N) is 1. The molecule has 0 bridgehead atoms. The van der Waals surface area contributed by atoms with Gasteiger partial charge in [-0.25, -0.2) is 4.79 Å². The van der Waals surface area contributed by atoms with Gasteiger partial charge in [0.05, 0.1) is 6.42 Å². The Morgan fingerprint density at radius 1 is 1.47 bits per heavy atom. The maximum Gasteiger partial charge on any atom is 0.318 e. The molecule has 1 unspecified atom stereocenters. The van der Waals surface area contributed by atoms with E-state index in [4.69, 9.17) is 5.11 Å². The van der Waals surface area contributed by atoms with Gasteiger partial charge in [-0.05, 0) is 39.5 Å². The summed E-state index contributed by atoms with van der Waals surface area (Å²) in [5, 5.41) is 11.8. The van der Waals surface area contributed by atoms with Crippen LogP contribution in [0.2, 0.25) is 0 Å². The monoisotopic (exact) mass is 268 g/mol. The number of hydrogen-bond donors (Lipinski definition) is 2. The normalized spacial score (nSPS) is 16.6. The number of aliphatic carboxylic acids is 1. The zero-order valence-corrected chi connectivity index (χ0v) is 12.0. The Hall–Kier alpha value is -1.52. The van der Waals surface area contributed by atoms with Gasteiger partial charge >= 0.3 is 12.0 Å². The van der Waals surface area contributed by atoms with Crippen LogP contribution in [0.1, 0.15) is 40.0 Å². The molecule has 5 nitrogen and oxygen atoms in total. The average molecular weight is 268 g/mol. The molecule has 1 aliphatic carbocycles. The summed E-state index contributed by atoms with van der Waals surface area (Å²) in [6.07, 6.45) is 3.65. The number of hydrogen-bond acceptors (Lipinski definition) is 2. The highest BCUT2D eigenvalue weighted by atomic mass is 16.4. The third-order valence-electron chi connectivity index (χ3n) is 3.26. The van der Waals surface area contributed by atoms with Gasteiger partial charge in [0.25, 0.3) is 0 Å². The minimum atomic E-state index is -0.872. The van der Waals surface area contributed by atoms with E-state index in [1.165, 1.54) is 0 Å². The lowest BCUT2D eigenvalue weighted by Crippen LogP contribution is -2.53. The molecule has 0 spiro atoms. The van der Waals surface area contributed by atoms with Gasteiger partial charge in [-0.15, -0.1) is 6.58 Å². The molecule has 0 radical (unpaired) electrons. The lowest BCUT2D eigenvalue weighted by molar-refractivity contribution is -0.137. The summed E-state index contributed by atoms with van der Waals surface area (Å²) >= 11 is 0. The molecular formula is C14H24N2O3. The topological polar surface area (TPSA) is 69.6 Å². The van der Waals surface area contributed by atoms with E-state index in [-0.39, 0.29) is 24.0 Å². The molecule has 1 rings (SSSR count). The fourth-order valence-corrected chi connectivity index (χ4v) is 2.05. The smallest absolute Gasteiger partial charge is 0.318 e. The number of urea groups is 1. The highest BCUT2D eigenvalue weighted by molar-refractivity contribution is 5.77. The summed E-state index contributed by atoms with van der Waals surface area (Å²) in [6.45, 7) is 9.93. The quantitative estimate of drug-likeness (QED) is 0.726. The molecule has 2 amide bonds. The van der Waals surface area contributed by atoms with Crippen molar-refractivity contribution in [3.05, 3.63) is 12.7 Å². The van der Waals surface area contributed by atoms with Crippen molar-refractivity contribution >= 4 is 12.0 Å². The van der Waals surface area contributed by atoms with E-state index in [9.17, 15) is 9.59 Å². The van der Waals surface area contributed by atoms with E-state index in [0.29, 0.717) is 12.5 Å². The van der Waals surface area contributed by atoms with Gasteiger partial charge in [0.2, 0.25) is 0 Å². The lowest BCUT2D eigenvalue weighted by Gasteiger charge is -2.36. The molecule has 0 saturated heterocycles. The van der Waals surface area contributed by atoms with Crippen molar-refractivity contribution in [3.63, 3.8) is 0 Å². The van der Waals surface area contributed by atoms with E-state index in [1.54, 1.807) is 11.0 Å². The Kier molecular flexibility index (Phi) is 4.97. The molecule has 0 aromatic heterocycles. The molecule has 0 aromatic carbocycles. The predicted octanol–water partition coefficient (Wildman–Crippen LogP) is 2.24. The second kappa shape index (κ2) is 6.08. The van der Waals surface area contributed by atoms with Crippen LogP contribution < -0.4 is 5.32 Å². The summed E-state index contributed by atoms with van der Waals surface area (Å²) in [7, 11) is 0. The van der Waals surface area contributed by atoms with Crippen molar-refractivity contribution in [2.45, 2.75) is 51.6 Å². The molecule has 1 fully saturated rings. The van der Waals surface area contributed by atoms with Crippen LogP contribution in [0, 0.1) is 5.92 Å². The maximum absolute atomic E-state index is 12.3. The number of amides is 2. The highest BCUT2D eigenvalue weighted by Crippen LogP contribution is 2.34. The predicted molar refractivity (Wildman–Crippen MR) is 74.0 cm³/mol. The van der Waals surface area contributed by atoms with Crippen LogP contribution in [-0.2, 0) is 4.79 Å². The number of carbonyl (C=O) groups is 2. The first-order chi connectivity index (χ1) is 8.75. The Bertz CT molecular complexity index is 356. The maximum atomic E-state index is 12.3. The van der Waals surface area contributed by atoms with Crippen molar-refractivity contribution in [2.24, 2.45) is 5.92 Å². The number of rotatable bonds is 6. The molecule has 1 aliphatic rings. The van der Waals surface area contributed by atoms with E-state index in [2.05, 4.69) is 11.9 Å².